The van der Waals surface area contributed by atoms with Gasteiger partial charge < -0.3 is 15.0 Å². The average Bonchev–Trinajstić information content (AvgIpc) is 2.97. The quantitative estimate of drug-likeness (QED) is 0.246. The van der Waals surface area contributed by atoms with E-state index < -0.39 is 16.1 Å². The fourth-order valence-electron chi connectivity index (χ4n) is 4.63. The van der Waals surface area contributed by atoms with Crippen LogP contribution in [0.3, 0.4) is 0 Å². The van der Waals surface area contributed by atoms with Crippen molar-refractivity contribution in [3.05, 3.63) is 96.1 Å². The number of rotatable bonds is 16. The van der Waals surface area contributed by atoms with Crippen molar-refractivity contribution < 1.29 is 22.7 Å². The van der Waals surface area contributed by atoms with Crippen LogP contribution in [-0.4, -0.2) is 57.6 Å². The Hall–Kier alpha value is -3.85. The third-order valence-corrected chi connectivity index (χ3v) is 7.98. The zero-order valence-corrected chi connectivity index (χ0v) is 25.0. The minimum atomic E-state index is -3.55. The Morgan fingerprint density at radius 2 is 1.56 bits per heavy atom. The van der Waals surface area contributed by atoms with E-state index >= 15 is 0 Å². The van der Waals surface area contributed by atoms with E-state index in [9.17, 15) is 18.0 Å². The van der Waals surface area contributed by atoms with E-state index in [1.807, 2.05) is 60.7 Å². The van der Waals surface area contributed by atoms with Crippen molar-refractivity contribution in [2.45, 2.75) is 51.6 Å². The first-order valence-electron chi connectivity index (χ1n) is 14.0. The van der Waals surface area contributed by atoms with Gasteiger partial charge in [0.1, 0.15) is 11.8 Å². The smallest absolute Gasteiger partial charge is 0.243 e. The van der Waals surface area contributed by atoms with Crippen molar-refractivity contribution in [3.8, 4) is 5.75 Å². The number of nitrogens with one attached hydrogen (secondary N) is 1. The maximum Gasteiger partial charge on any atom is 0.243 e. The second-order valence-corrected chi connectivity index (χ2v) is 11.9. The van der Waals surface area contributed by atoms with E-state index in [-0.39, 0.29) is 31.3 Å². The Morgan fingerprint density at radius 3 is 2.20 bits per heavy atom. The molecular formula is C32H41N3O5S. The van der Waals surface area contributed by atoms with Gasteiger partial charge in [-0.25, -0.2) is 8.42 Å². The van der Waals surface area contributed by atoms with Crippen molar-refractivity contribution in [2.75, 3.05) is 30.8 Å². The molecule has 9 heteroatoms. The third kappa shape index (κ3) is 9.93. The predicted molar refractivity (Wildman–Crippen MR) is 163 cm³/mol. The highest BCUT2D eigenvalue weighted by Gasteiger charge is 2.30. The van der Waals surface area contributed by atoms with Crippen LogP contribution in [0.25, 0.3) is 0 Å². The van der Waals surface area contributed by atoms with E-state index in [0.717, 1.165) is 30.2 Å². The van der Waals surface area contributed by atoms with Crippen LogP contribution < -0.4 is 14.4 Å². The number of sulfonamides is 1. The molecule has 0 radical (unpaired) electrons. The van der Waals surface area contributed by atoms with Gasteiger partial charge in [-0.1, -0.05) is 74.0 Å². The molecule has 0 aliphatic carbocycles. The van der Waals surface area contributed by atoms with Crippen LogP contribution in [0.5, 0.6) is 5.75 Å². The molecular weight excluding hydrogens is 538 g/mol. The fourth-order valence-corrected chi connectivity index (χ4v) is 5.59. The number of hydrogen-bond acceptors (Lipinski definition) is 5. The molecule has 0 saturated heterocycles. The third-order valence-electron chi connectivity index (χ3n) is 6.78. The summed E-state index contributed by atoms with van der Waals surface area (Å²) in [5, 5.41) is 3.02. The van der Waals surface area contributed by atoms with Crippen LogP contribution in [-0.2, 0) is 32.6 Å². The number of para-hydroxylation sites is 1. The van der Waals surface area contributed by atoms with E-state index in [0.29, 0.717) is 30.8 Å². The topological polar surface area (TPSA) is 96.0 Å². The lowest BCUT2D eigenvalue weighted by atomic mass is 10.0. The van der Waals surface area contributed by atoms with Gasteiger partial charge in [-0.2, -0.15) is 0 Å². The van der Waals surface area contributed by atoms with Gasteiger partial charge in [-0.3, -0.25) is 13.9 Å². The number of amides is 2. The lowest BCUT2D eigenvalue weighted by molar-refractivity contribution is -0.141. The summed E-state index contributed by atoms with van der Waals surface area (Å²) in [5.74, 6) is 0.232. The minimum Gasteiger partial charge on any atom is -0.497 e. The second-order valence-electron chi connectivity index (χ2n) is 10.00. The molecule has 0 aliphatic heterocycles. The van der Waals surface area contributed by atoms with Gasteiger partial charge in [0.2, 0.25) is 21.8 Å². The average molecular weight is 580 g/mol. The summed E-state index contributed by atoms with van der Waals surface area (Å²) < 4.78 is 31.8. The van der Waals surface area contributed by atoms with Gasteiger partial charge in [0.15, 0.2) is 0 Å². The van der Waals surface area contributed by atoms with Crippen LogP contribution in [0.4, 0.5) is 5.69 Å². The number of nitrogens with zero attached hydrogens (tertiary/aromatic N) is 2. The highest BCUT2D eigenvalue weighted by molar-refractivity contribution is 7.92. The SMILES string of the molecule is CCCCNC(=O)[C@@H](Cc1ccccc1)N(Cc1cccc(OC)c1)C(=O)CCCN(c1ccccc1)S(C)(=O)=O. The fraction of sp³-hybridized carbons (Fsp3) is 0.375. The van der Waals surface area contributed by atoms with Gasteiger partial charge in [-0.15, -0.1) is 0 Å². The Balaban J connectivity index is 1.88. The summed E-state index contributed by atoms with van der Waals surface area (Å²) >= 11 is 0. The predicted octanol–water partition coefficient (Wildman–Crippen LogP) is 4.80. The molecule has 1 atom stereocenters. The molecule has 3 aromatic rings. The van der Waals surface area contributed by atoms with Crippen LogP contribution in [0.15, 0.2) is 84.9 Å². The largest absolute Gasteiger partial charge is 0.497 e. The molecule has 0 saturated carbocycles. The van der Waals surface area contributed by atoms with Gasteiger partial charge in [0.05, 0.1) is 19.1 Å². The molecule has 8 nitrogen and oxygen atoms in total. The molecule has 1 N–H and O–H groups in total. The highest BCUT2D eigenvalue weighted by Crippen LogP contribution is 2.21. The molecule has 3 aromatic carbocycles. The molecule has 0 aliphatic rings. The lowest BCUT2D eigenvalue weighted by Crippen LogP contribution is -2.50. The summed E-state index contributed by atoms with van der Waals surface area (Å²) in [6.07, 6.45) is 3.67. The van der Waals surface area contributed by atoms with E-state index in [2.05, 4.69) is 12.2 Å². The molecule has 0 fully saturated rings. The molecule has 0 heterocycles. The number of methoxy groups -OCH3 is 1. The first-order valence-corrected chi connectivity index (χ1v) is 15.8. The van der Waals surface area contributed by atoms with Gasteiger partial charge in [0.25, 0.3) is 0 Å². The highest BCUT2D eigenvalue weighted by atomic mass is 32.2. The Labute approximate surface area is 244 Å². The number of ether oxygens (including phenoxy) is 1. The summed E-state index contributed by atoms with van der Waals surface area (Å²) in [6, 6.07) is 25.2. The Bertz CT molecular complexity index is 1350. The molecule has 41 heavy (non-hydrogen) atoms. The number of benzene rings is 3. The number of hydrogen-bond donors (Lipinski definition) is 1. The summed E-state index contributed by atoms with van der Waals surface area (Å²) in [5.41, 5.74) is 2.33. The van der Waals surface area contributed by atoms with Crippen LogP contribution in [0, 0.1) is 0 Å². The van der Waals surface area contributed by atoms with Crippen molar-refractivity contribution in [1.82, 2.24) is 10.2 Å². The molecule has 0 spiro atoms. The second kappa shape index (κ2) is 15.8. The normalized spacial score (nSPS) is 11.9. The first kappa shape index (κ1) is 31.7. The van der Waals surface area contributed by atoms with E-state index in [1.165, 1.54) is 4.31 Å². The zero-order chi connectivity index (χ0) is 29.7. The summed E-state index contributed by atoms with van der Waals surface area (Å²) in [7, 11) is -1.96. The number of carbonyl (C=O) groups excluding carboxylic acids is 2. The maximum absolute atomic E-state index is 13.9. The Kier molecular flexibility index (Phi) is 12.2. The monoisotopic (exact) mass is 579 g/mol. The van der Waals surface area contributed by atoms with Gasteiger partial charge >= 0.3 is 0 Å². The molecule has 0 unspecified atom stereocenters. The number of carbonyl (C=O) groups is 2. The van der Waals surface area contributed by atoms with Crippen LogP contribution >= 0.6 is 0 Å². The summed E-state index contributed by atoms with van der Waals surface area (Å²) in [6.45, 7) is 2.94. The van der Waals surface area contributed by atoms with Crippen molar-refractivity contribution >= 4 is 27.5 Å². The maximum atomic E-state index is 13.9. The molecule has 3 rings (SSSR count). The van der Waals surface area contributed by atoms with E-state index in [1.54, 1.807) is 36.3 Å². The zero-order valence-electron chi connectivity index (χ0n) is 24.2. The summed E-state index contributed by atoms with van der Waals surface area (Å²) in [4.78, 5) is 29.1. The van der Waals surface area contributed by atoms with Crippen LogP contribution in [0.1, 0.15) is 43.7 Å². The Morgan fingerprint density at radius 1 is 0.902 bits per heavy atom. The first-order chi connectivity index (χ1) is 19.7. The minimum absolute atomic E-state index is 0.0797. The van der Waals surface area contributed by atoms with E-state index in [4.69, 9.17) is 4.74 Å². The van der Waals surface area contributed by atoms with Crippen LogP contribution in [0.2, 0.25) is 0 Å². The van der Waals surface area contributed by atoms with Gasteiger partial charge in [-0.05, 0) is 48.2 Å². The van der Waals surface area contributed by atoms with Crippen molar-refractivity contribution in [2.24, 2.45) is 0 Å². The molecule has 220 valence electrons. The molecule has 2 amide bonds. The standard InChI is InChI=1S/C32H41N3O5S/c1-4-5-21-33-32(37)30(24-26-14-8-6-9-15-26)34(25-27-16-12-19-29(23-27)40-2)31(36)20-13-22-35(41(3,38)39)28-17-10-7-11-18-28/h6-12,14-19,23,30H,4-5,13,20-22,24-25H2,1-3H3,(H,33,37)/t30-/m1/s1. The van der Waals surface area contributed by atoms with Crippen molar-refractivity contribution in [3.63, 3.8) is 0 Å². The van der Waals surface area contributed by atoms with Crippen molar-refractivity contribution in [1.29, 1.82) is 0 Å². The number of unbranched alkanes of at least 4 members (excludes halogenated alkanes) is 1. The number of anilines is 1. The molecule has 0 aromatic heterocycles. The lowest BCUT2D eigenvalue weighted by Gasteiger charge is -2.32. The van der Waals surface area contributed by atoms with Gasteiger partial charge in [0, 0.05) is 32.5 Å². The molecule has 0 bridgehead atoms.